The quantitative estimate of drug-likeness (QED) is 0.313. The van der Waals surface area contributed by atoms with Crippen molar-refractivity contribution in [2.45, 2.75) is 6.92 Å². The second-order valence-electron chi connectivity index (χ2n) is 0.352. The number of hydrogen-bond donors (Lipinski definition) is 0. The third-order valence-corrected chi connectivity index (χ3v) is 0.530. The van der Waals surface area contributed by atoms with Gasteiger partial charge in [-0.15, -0.1) is 0 Å². The molecule has 0 aliphatic rings. The van der Waals surface area contributed by atoms with Crippen LogP contribution in [0.4, 0.5) is 0 Å². The van der Waals surface area contributed by atoms with E-state index >= 15 is 0 Å². The first-order chi connectivity index (χ1) is 1.91. The van der Waals surface area contributed by atoms with Crippen LogP contribution in [0.5, 0.6) is 0 Å². The van der Waals surface area contributed by atoms with E-state index in [-0.39, 0.29) is 0 Å². The van der Waals surface area contributed by atoms with E-state index in [2.05, 4.69) is 26.8 Å². The zero-order chi connectivity index (χ0) is 3.41. The maximum atomic E-state index is 2.62. The molecule has 0 saturated carbocycles. The summed E-state index contributed by atoms with van der Waals surface area (Å²) in [6.07, 6.45) is 0. The van der Waals surface area contributed by atoms with Crippen LogP contribution in [-0.4, -0.2) is 16.0 Å². The van der Waals surface area contributed by atoms with Crippen molar-refractivity contribution < 1.29 is 0 Å². The Hall–Kier alpha value is 0.0795. The summed E-state index contributed by atoms with van der Waals surface area (Å²) in [4.78, 5) is 2.56. The van der Waals surface area contributed by atoms with Crippen molar-refractivity contribution in [3.05, 3.63) is 0 Å². The summed E-state index contributed by atoms with van der Waals surface area (Å²) >= 11 is 2.53. The minimum atomic E-state index is 1.79. The molecule has 0 bridgehead atoms. The van der Waals surface area contributed by atoms with E-state index < -0.39 is 0 Å². The van der Waals surface area contributed by atoms with Crippen LogP contribution in [0.3, 0.4) is 0 Å². The van der Waals surface area contributed by atoms with Crippen LogP contribution in [0.15, 0.2) is 0 Å². The third kappa shape index (κ3) is 2.08. The average Bonchev–Trinajstić information content (AvgIpc) is 1.37. The van der Waals surface area contributed by atoms with Crippen LogP contribution in [0.25, 0.3) is 0 Å². The van der Waals surface area contributed by atoms with Crippen molar-refractivity contribution in [2.24, 2.45) is 0 Å². The second-order valence-corrected chi connectivity index (χ2v) is 0.780. The van der Waals surface area contributed by atoms with Gasteiger partial charge in [0, 0.05) is 0 Å². The van der Waals surface area contributed by atoms with Crippen molar-refractivity contribution in [1.82, 2.24) is 0 Å². The second kappa shape index (κ2) is 3.08. The van der Waals surface area contributed by atoms with Gasteiger partial charge in [0.25, 0.3) is 0 Å². The molecule has 0 fully saturated rings. The average molecular weight is 118 g/mol. The van der Waals surface area contributed by atoms with Gasteiger partial charge in [-0.2, -0.15) is 0 Å². The van der Waals surface area contributed by atoms with Crippen molar-refractivity contribution >= 4 is 16.0 Å². The van der Waals surface area contributed by atoms with Crippen LogP contribution in [-0.2, 0) is 0 Å². The molecule has 0 aliphatic heterocycles. The summed E-state index contributed by atoms with van der Waals surface area (Å²) in [7, 11) is 0. The first-order valence-corrected chi connectivity index (χ1v) is 1.81. The summed E-state index contributed by atoms with van der Waals surface area (Å²) in [5.74, 6) is 2.62. The molecule has 0 aliphatic carbocycles. The maximum absolute atomic E-state index is 2.62. The topological polar surface area (TPSA) is 0 Å². The Kier molecular flexibility index (Phi) is 3.14. The summed E-state index contributed by atoms with van der Waals surface area (Å²) in [5.41, 5.74) is 0. The first-order valence-electron chi connectivity index (χ1n) is 0.954. The van der Waals surface area contributed by atoms with Crippen LogP contribution in [0.1, 0.15) is 6.92 Å². The molecule has 0 spiro atoms. The van der Waals surface area contributed by atoms with Gasteiger partial charge in [0.1, 0.15) is 0 Å². The zero-order valence-corrected chi connectivity index (χ0v) is 4.12. The molecule has 0 rings (SSSR count). The molecular weight excluding hydrogens is 115 g/mol. The van der Waals surface area contributed by atoms with Crippen LogP contribution < -0.4 is 0 Å². The third-order valence-electron chi connectivity index (χ3n) is 0.102. The Morgan fingerprint density at radius 3 is 2.00 bits per heavy atom. The molecule has 0 amide bonds. The van der Waals surface area contributed by atoms with Gasteiger partial charge in [-0.1, -0.05) is 0 Å². The standard InChI is InChI=1S/C3H3Se/c1-2-3-4/h1H3. The summed E-state index contributed by atoms with van der Waals surface area (Å²) in [6.45, 7) is 1.79. The van der Waals surface area contributed by atoms with Gasteiger partial charge in [-0.3, -0.25) is 0 Å². The molecule has 21 valence electrons. The monoisotopic (exact) mass is 119 g/mol. The molecule has 0 aromatic heterocycles. The van der Waals surface area contributed by atoms with E-state index in [1.165, 1.54) is 0 Å². The minimum absolute atomic E-state index is 1.79. The molecule has 0 aromatic carbocycles. The Bertz CT molecular complexity index is 40.0. The Morgan fingerprint density at radius 2 is 2.00 bits per heavy atom. The molecule has 0 nitrogen and oxygen atoms in total. The van der Waals surface area contributed by atoms with Crippen molar-refractivity contribution in [3.8, 4) is 10.7 Å². The summed E-state index contributed by atoms with van der Waals surface area (Å²) in [5, 5.41) is 0. The normalized spacial score (nSPS) is 3.25. The molecule has 1 heteroatoms. The molecule has 0 unspecified atom stereocenters. The molecule has 1 radical (unpaired) electrons. The van der Waals surface area contributed by atoms with Crippen molar-refractivity contribution in [3.63, 3.8) is 0 Å². The molecule has 0 atom stereocenters. The van der Waals surface area contributed by atoms with Gasteiger partial charge in [0.05, 0.1) is 0 Å². The molecule has 4 heavy (non-hydrogen) atoms. The van der Waals surface area contributed by atoms with Crippen LogP contribution in [0, 0.1) is 10.7 Å². The summed E-state index contributed by atoms with van der Waals surface area (Å²) < 4.78 is 0. The van der Waals surface area contributed by atoms with Gasteiger partial charge < -0.3 is 0 Å². The van der Waals surface area contributed by atoms with E-state index in [0.29, 0.717) is 0 Å². The predicted octanol–water partition coefficient (Wildman–Crippen LogP) is 0.136. The van der Waals surface area contributed by atoms with E-state index in [1.807, 2.05) is 0 Å². The molecular formula is C3H3Se. The summed E-state index contributed by atoms with van der Waals surface area (Å²) in [6, 6.07) is 0. The Morgan fingerprint density at radius 1 is 1.75 bits per heavy atom. The molecule has 0 aromatic rings. The van der Waals surface area contributed by atoms with Crippen LogP contribution in [0.2, 0.25) is 0 Å². The van der Waals surface area contributed by atoms with Gasteiger partial charge in [-0.05, 0) is 0 Å². The SMILES string of the molecule is CC#C[Se]. The van der Waals surface area contributed by atoms with Gasteiger partial charge >= 0.3 is 33.7 Å². The van der Waals surface area contributed by atoms with E-state index in [0.717, 1.165) is 0 Å². The fraction of sp³-hybridized carbons (Fsp3) is 0.333. The predicted molar refractivity (Wildman–Crippen MR) is 19.2 cm³/mol. The number of rotatable bonds is 0. The fourth-order valence-corrected chi connectivity index (χ4v) is 0. The molecule has 0 N–H and O–H groups in total. The Labute approximate surface area is 34.4 Å². The number of hydrogen-bond acceptors (Lipinski definition) is 0. The fourth-order valence-electron chi connectivity index (χ4n) is 0. The molecule has 0 heterocycles. The molecule has 0 saturated heterocycles. The van der Waals surface area contributed by atoms with Gasteiger partial charge in [-0.25, -0.2) is 0 Å². The van der Waals surface area contributed by atoms with E-state index in [1.54, 1.807) is 6.92 Å². The van der Waals surface area contributed by atoms with Crippen molar-refractivity contribution in [1.29, 1.82) is 0 Å². The van der Waals surface area contributed by atoms with Crippen molar-refractivity contribution in [2.75, 3.05) is 0 Å². The van der Waals surface area contributed by atoms with Gasteiger partial charge in [0.2, 0.25) is 0 Å². The first kappa shape index (κ1) is 4.08. The Balaban J connectivity index is 2.83. The zero-order valence-electron chi connectivity index (χ0n) is 2.41. The van der Waals surface area contributed by atoms with E-state index in [9.17, 15) is 0 Å². The van der Waals surface area contributed by atoms with Gasteiger partial charge in [0.15, 0.2) is 0 Å². The van der Waals surface area contributed by atoms with E-state index in [4.69, 9.17) is 0 Å². The van der Waals surface area contributed by atoms with Crippen LogP contribution >= 0.6 is 0 Å².